The molecule has 0 fully saturated rings. The topological polar surface area (TPSA) is 26.0 Å². The smallest absolute Gasteiger partial charge is 0.0435 e. The summed E-state index contributed by atoms with van der Waals surface area (Å²) in [4.78, 5) is 0. The van der Waals surface area contributed by atoms with Gasteiger partial charge in [0.15, 0.2) is 0 Å². The highest BCUT2D eigenvalue weighted by atomic mass is 35.5. The van der Waals surface area contributed by atoms with Crippen LogP contribution in [0.2, 0.25) is 5.02 Å². The molecule has 2 aromatic carbocycles. The van der Waals surface area contributed by atoms with E-state index >= 15 is 0 Å². The summed E-state index contributed by atoms with van der Waals surface area (Å²) >= 11 is 6.07. The highest BCUT2D eigenvalue weighted by Gasteiger charge is 2.13. The van der Waals surface area contributed by atoms with E-state index in [1.165, 1.54) is 36.0 Å². The Hall–Kier alpha value is -1.31. The van der Waals surface area contributed by atoms with Gasteiger partial charge < -0.3 is 5.73 Å². The largest absolute Gasteiger partial charge is 0.324 e. The van der Waals surface area contributed by atoms with Crippen molar-refractivity contribution in [2.75, 3.05) is 0 Å². The number of nitrogens with two attached hydrogens (primary N) is 1. The fraction of sp³-hybridized carbons (Fsp3) is 0.333. The van der Waals surface area contributed by atoms with E-state index < -0.39 is 0 Å². The van der Waals surface area contributed by atoms with Crippen molar-refractivity contribution in [3.8, 4) is 0 Å². The summed E-state index contributed by atoms with van der Waals surface area (Å²) in [5, 5.41) is 0.804. The van der Waals surface area contributed by atoms with Gasteiger partial charge in [-0.3, -0.25) is 0 Å². The number of aryl methyl sites for hydroxylation is 3. The van der Waals surface area contributed by atoms with Gasteiger partial charge in [-0.15, -0.1) is 0 Å². The Labute approximate surface area is 125 Å². The molecule has 0 saturated heterocycles. The molecule has 20 heavy (non-hydrogen) atoms. The van der Waals surface area contributed by atoms with Crippen LogP contribution in [0.25, 0.3) is 0 Å². The maximum Gasteiger partial charge on any atom is 0.0435 e. The summed E-state index contributed by atoms with van der Waals surface area (Å²) in [5.41, 5.74) is 13.0. The highest BCUT2D eigenvalue weighted by Crippen LogP contribution is 2.26. The van der Waals surface area contributed by atoms with Gasteiger partial charge in [0.25, 0.3) is 0 Å². The predicted octanol–water partition coefficient (Wildman–Crippen LogP) is 4.38. The van der Waals surface area contributed by atoms with E-state index in [0.717, 1.165) is 22.6 Å². The Morgan fingerprint density at radius 3 is 2.70 bits per heavy atom. The fourth-order valence-electron chi connectivity index (χ4n) is 3.02. The van der Waals surface area contributed by atoms with E-state index in [-0.39, 0.29) is 6.04 Å². The van der Waals surface area contributed by atoms with Gasteiger partial charge in [0, 0.05) is 11.1 Å². The van der Waals surface area contributed by atoms with Gasteiger partial charge in [0.05, 0.1) is 0 Å². The molecular formula is C18H20ClN. The first-order valence-electron chi connectivity index (χ1n) is 7.26. The second-order valence-electron chi connectivity index (χ2n) is 5.78. The van der Waals surface area contributed by atoms with Crippen LogP contribution < -0.4 is 5.73 Å². The summed E-state index contributed by atoms with van der Waals surface area (Å²) in [6.07, 6.45) is 4.63. The lowest BCUT2D eigenvalue weighted by atomic mass is 9.96. The first-order valence-corrected chi connectivity index (χ1v) is 7.63. The summed E-state index contributed by atoms with van der Waals surface area (Å²) in [6, 6.07) is 12.9. The highest BCUT2D eigenvalue weighted by molar-refractivity contribution is 6.31. The molecule has 104 valence electrons. The predicted molar refractivity (Wildman–Crippen MR) is 85.3 cm³/mol. The van der Waals surface area contributed by atoms with Crippen LogP contribution in [0.3, 0.4) is 0 Å². The summed E-state index contributed by atoms with van der Waals surface area (Å²) in [7, 11) is 0. The Morgan fingerprint density at radius 1 is 1.10 bits per heavy atom. The fourth-order valence-corrected chi connectivity index (χ4v) is 3.14. The first-order chi connectivity index (χ1) is 9.63. The molecular weight excluding hydrogens is 266 g/mol. The van der Waals surface area contributed by atoms with E-state index in [0.29, 0.717) is 0 Å². The molecule has 0 saturated carbocycles. The number of hydrogen-bond acceptors (Lipinski definition) is 1. The molecule has 1 aliphatic rings. The molecule has 0 bridgehead atoms. The second kappa shape index (κ2) is 5.59. The lowest BCUT2D eigenvalue weighted by molar-refractivity contribution is 0.720. The van der Waals surface area contributed by atoms with Gasteiger partial charge in [-0.1, -0.05) is 41.9 Å². The van der Waals surface area contributed by atoms with Crippen molar-refractivity contribution in [1.29, 1.82) is 0 Å². The second-order valence-corrected chi connectivity index (χ2v) is 6.18. The van der Waals surface area contributed by atoms with Crippen LogP contribution in [0.15, 0.2) is 36.4 Å². The molecule has 2 heteroatoms. The third-order valence-electron chi connectivity index (χ3n) is 4.23. The molecule has 0 aliphatic heterocycles. The lowest BCUT2D eigenvalue weighted by Crippen LogP contribution is -2.13. The summed E-state index contributed by atoms with van der Waals surface area (Å²) in [5.74, 6) is 0. The van der Waals surface area contributed by atoms with Crippen LogP contribution in [-0.2, 0) is 19.3 Å². The number of rotatable bonds is 3. The van der Waals surface area contributed by atoms with Gasteiger partial charge in [0.2, 0.25) is 0 Å². The maximum atomic E-state index is 6.35. The minimum atomic E-state index is 0.0328. The van der Waals surface area contributed by atoms with Crippen LogP contribution in [0, 0.1) is 6.92 Å². The van der Waals surface area contributed by atoms with Gasteiger partial charge in [-0.05, 0) is 66.5 Å². The van der Waals surface area contributed by atoms with Crippen molar-refractivity contribution >= 4 is 11.6 Å². The monoisotopic (exact) mass is 285 g/mol. The van der Waals surface area contributed by atoms with Crippen molar-refractivity contribution < 1.29 is 0 Å². The molecule has 3 rings (SSSR count). The van der Waals surface area contributed by atoms with Crippen molar-refractivity contribution in [3.63, 3.8) is 0 Å². The quantitative estimate of drug-likeness (QED) is 0.890. The van der Waals surface area contributed by atoms with E-state index in [4.69, 9.17) is 17.3 Å². The molecule has 1 nitrogen and oxygen atoms in total. The van der Waals surface area contributed by atoms with Crippen LogP contribution in [0.4, 0.5) is 0 Å². The molecule has 1 atom stereocenters. The Bertz CT molecular complexity index is 633. The Balaban J connectivity index is 1.78. The van der Waals surface area contributed by atoms with Crippen molar-refractivity contribution in [2.45, 2.75) is 38.6 Å². The number of fused-ring (bicyclic) bond motifs is 1. The van der Waals surface area contributed by atoms with Crippen molar-refractivity contribution in [2.24, 2.45) is 5.73 Å². The molecule has 0 spiro atoms. The van der Waals surface area contributed by atoms with Gasteiger partial charge in [-0.25, -0.2) is 0 Å². The maximum absolute atomic E-state index is 6.35. The number of benzene rings is 2. The SMILES string of the molecule is Cc1cc(C(N)Cc2ccc3c(c2)CCC3)ccc1Cl. The average Bonchev–Trinajstić information content (AvgIpc) is 2.89. The first kappa shape index (κ1) is 13.7. The van der Waals surface area contributed by atoms with Crippen molar-refractivity contribution in [3.05, 3.63) is 69.2 Å². The summed E-state index contributed by atoms with van der Waals surface area (Å²) in [6.45, 7) is 2.02. The normalized spacial score (nSPS) is 15.2. The molecule has 1 aliphatic carbocycles. The van der Waals surface area contributed by atoms with Gasteiger partial charge in [-0.2, -0.15) is 0 Å². The molecule has 0 radical (unpaired) electrons. The van der Waals surface area contributed by atoms with Gasteiger partial charge in [0.1, 0.15) is 0 Å². The molecule has 0 heterocycles. The van der Waals surface area contributed by atoms with Crippen LogP contribution in [-0.4, -0.2) is 0 Å². The van der Waals surface area contributed by atoms with Crippen LogP contribution in [0.5, 0.6) is 0 Å². The Kier molecular flexibility index (Phi) is 3.82. The zero-order chi connectivity index (χ0) is 14.1. The van der Waals surface area contributed by atoms with E-state index in [9.17, 15) is 0 Å². The molecule has 1 unspecified atom stereocenters. The molecule has 0 amide bonds. The van der Waals surface area contributed by atoms with E-state index in [2.05, 4.69) is 24.3 Å². The minimum Gasteiger partial charge on any atom is -0.324 e. The lowest BCUT2D eigenvalue weighted by Gasteiger charge is -2.14. The molecule has 2 N–H and O–H groups in total. The third-order valence-corrected chi connectivity index (χ3v) is 4.65. The standard InChI is InChI=1S/C18H20ClN/c1-12-9-16(7-8-17(12)19)18(20)11-13-5-6-14-3-2-4-15(14)10-13/h5-10,18H,2-4,11,20H2,1H3. The van der Waals surface area contributed by atoms with E-state index in [1.807, 2.05) is 19.1 Å². The summed E-state index contributed by atoms with van der Waals surface area (Å²) < 4.78 is 0. The Morgan fingerprint density at radius 2 is 1.90 bits per heavy atom. The van der Waals surface area contributed by atoms with Crippen LogP contribution >= 0.6 is 11.6 Å². The zero-order valence-corrected chi connectivity index (χ0v) is 12.6. The van der Waals surface area contributed by atoms with Gasteiger partial charge >= 0.3 is 0 Å². The third kappa shape index (κ3) is 2.74. The zero-order valence-electron chi connectivity index (χ0n) is 11.8. The van der Waals surface area contributed by atoms with Crippen LogP contribution in [0.1, 0.15) is 40.3 Å². The average molecular weight is 286 g/mol. The molecule has 0 aromatic heterocycles. The van der Waals surface area contributed by atoms with Crippen molar-refractivity contribution in [1.82, 2.24) is 0 Å². The number of halogens is 1. The van der Waals surface area contributed by atoms with E-state index in [1.54, 1.807) is 0 Å². The minimum absolute atomic E-state index is 0.0328. The molecule has 2 aromatic rings. The number of hydrogen-bond donors (Lipinski definition) is 1.